The molecule has 0 radical (unpaired) electrons. The van der Waals surface area contributed by atoms with E-state index in [-0.39, 0.29) is 11.8 Å². The minimum Gasteiger partial charge on any atom is -0.477 e. The number of ether oxygens (including phenoxy) is 3. The zero-order valence-corrected chi connectivity index (χ0v) is 13.0. The molecule has 110 valence electrons. The highest BCUT2D eigenvalue weighted by Gasteiger charge is 2.20. The lowest BCUT2D eigenvalue weighted by Crippen LogP contribution is -2.38. The van der Waals surface area contributed by atoms with Gasteiger partial charge in [0.25, 0.3) is 11.8 Å². The van der Waals surface area contributed by atoms with E-state index in [9.17, 15) is 9.59 Å². The highest BCUT2D eigenvalue weighted by Crippen LogP contribution is 2.23. The van der Waals surface area contributed by atoms with Gasteiger partial charge in [0.1, 0.15) is 10.2 Å². The summed E-state index contributed by atoms with van der Waals surface area (Å²) < 4.78 is 15.0. The Morgan fingerprint density at radius 2 is 1.90 bits per heavy atom. The monoisotopic (exact) mass is 347 g/mol. The van der Waals surface area contributed by atoms with Crippen LogP contribution in [0.4, 0.5) is 9.59 Å². The number of alkyl carbamates (subject to hydrolysis) is 1. The Bertz CT molecular complexity index is 515. The molecule has 0 aliphatic rings. The summed E-state index contributed by atoms with van der Waals surface area (Å²) in [5, 5.41) is 1.89. The molecule has 2 amide bonds. The number of carbonyl (C=O) groups excluding carboxylic acids is 2. The fourth-order valence-corrected chi connectivity index (χ4v) is 1.31. The van der Waals surface area contributed by atoms with E-state index in [1.165, 1.54) is 13.3 Å². The van der Waals surface area contributed by atoms with Gasteiger partial charge in [-0.05, 0) is 36.7 Å². The molecule has 9 heteroatoms. The first-order valence-electron chi connectivity index (χ1n) is 5.49. The molecule has 0 atom stereocenters. The van der Waals surface area contributed by atoms with Crippen LogP contribution in [0.2, 0.25) is 0 Å². The molecule has 0 fully saturated rings. The second kappa shape index (κ2) is 6.51. The third-order valence-electron chi connectivity index (χ3n) is 1.67. The summed E-state index contributed by atoms with van der Waals surface area (Å²) in [5.74, 6) is -0.171. The molecule has 1 aromatic heterocycles. The van der Waals surface area contributed by atoms with Crippen LogP contribution < -0.4 is 14.8 Å². The largest absolute Gasteiger partial charge is 0.477 e. The van der Waals surface area contributed by atoms with Crippen LogP contribution in [-0.2, 0) is 4.74 Å². The quantitative estimate of drug-likeness (QED) is 0.875. The van der Waals surface area contributed by atoms with Gasteiger partial charge in [-0.1, -0.05) is 0 Å². The smallest absolute Gasteiger partial charge is 0.423 e. The van der Waals surface area contributed by atoms with Gasteiger partial charge in [0, 0.05) is 0 Å². The topological polar surface area (TPSA) is 99.6 Å². The molecule has 0 bridgehead atoms. The number of amides is 2. The molecule has 8 nitrogen and oxygen atoms in total. The number of halogens is 1. The first-order valence-corrected chi connectivity index (χ1v) is 6.29. The number of aromatic nitrogens is 2. The van der Waals surface area contributed by atoms with Gasteiger partial charge in [-0.3, -0.25) is 0 Å². The van der Waals surface area contributed by atoms with E-state index < -0.39 is 17.8 Å². The molecule has 1 N–H and O–H groups in total. The lowest BCUT2D eigenvalue weighted by atomic mass is 10.2. The van der Waals surface area contributed by atoms with E-state index in [4.69, 9.17) is 14.2 Å². The van der Waals surface area contributed by atoms with E-state index in [2.05, 4.69) is 25.9 Å². The third-order valence-corrected chi connectivity index (χ3v) is 2.05. The van der Waals surface area contributed by atoms with Crippen molar-refractivity contribution in [1.29, 1.82) is 0 Å². The maximum absolute atomic E-state index is 11.5. The molecule has 0 saturated carbocycles. The van der Waals surface area contributed by atoms with Crippen LogP contribution in [0.1, 0.15) is 20.8 Å². The van der Waals surface area contributed by atoms with Crippen molar-refractivity contribution in [3.8, 4) is 11.8 Å². The summed E-state index contributed by atoms with van der Waals surface area (Å²) in [4.78, 5) is 30.5. The molecule has 0 saturated heterocycles. The molecule has 0 unspecified atom stereocenters. The van der Waals surface area contributed by atoms with Gasteiger partial charge in [0.2, 0.25) is 0 Å². The van der Waals surface area contributed by atoms with Crippen LogP contribution in [0, 0.1) is 0 Å². The molecule has 1 rings (SSSR count). The number of methoxy groups -OCH3 is 1. The van der Waals surface area contributed by atoms with Crippen LogP contribution in [0.3, 0.4) is 0 Å². The number of rotatable bonds is 2. The first kappa shape index (κ1) is 16.2. The second-order valence-corrected chi connectivity index (χ2v) is 5.34. The standard InChI is InChI=1S/C11H14BrN3O5/c1-11(2,3)20-10(17)15-9(16)19-7-8(18-4)14-6(12)5-13-7/h5H,1-4H3,(H,15,16,17). The number of hydrogen-bond acceptors (Lipinski definition) is 7. The third kappa shape index (κ3) is 5.39. The van der Waals surface area contributed by atoms with E-state index in [1.54, 1.807) is 20.8 Å². The normalized spacial score (nSPS) is 10.7. The Balaban J connectivity index is 2.65. The van der Waals surface area contributed by atoms with Crippen molar-refractivity contribution in [3.05, 3.63) is 10.8 Å². The van der Waals surface area contributed by atoms with Crippen molar-refractivity contribution >= 4 is 28.1 Å². The number of hydrogen-bond donors (Lipinski definition) is 1. The van der Waals surface area contributed by atoms with Crippen LogP contribution in [0.15, 0.2) is 10.8 Å². The second-order valence-electron chi connectivity index (χ2n) is 4.52. The highest BCUT2D eigenvalue weighted by atomic mass is 79.9. The molecule has 0 aliphatic heterocycles. The average Bonchev–Trinajstić information content (AvgIpc) is 2.28. The fraction of sp³-hybridized carbons (Fsp3) is 0.455. The van der Waals surface area contributed by atoms with E-state index in [0.717, 1.165) is 0 Å². The van der Waals surface area contributed by atoms with Gasteiger partial charge in [0.05, 0.1) is 13.3 Å². The molecule has 0 aromatic carbocycles. The molecular weight excluding hydrogens is 334 g/mol. The van der Waals surface area contributed by atoms with Gasteiger partial charge in [-0.25, -0.2) is 19.9 Å². The highest BCUT2D eigenvalue weighted by molar-refractivity contribution is 9.10. The number of imide groups is 1. The van der Waals surface area contributed by atoms with Crippen molar-refractivity contribution < 1.29 is 23.8 Å². The summed E-state index contributed by atoms with van der Waals surface area (Å²) in [6.07, 6.45) is -0.654. The Morgan fingerprint density at radius 1 is 1.25 bits per heavy atom. The maximum Gasteiger partial charge on any atom is 0.423 e. The van der Waals surface area contributed by atoms with Crippen LogP contribution in [0.25, 0.3) is 0 Å². The van der Waals surface area contributed by atoms with Gasteiger partial charge >= 0.3 is 12.2 Å². The van der Waals surface area contributed by atoms with Crippen LogP contribution in [-0.4, -0.2) is 34.9 Å². The summed E-state index contributed by atoms with van der Waals surface area (Å²) >= 11 is 3.09. The van der Waals surface area contributed by atoms with Gasteiger partial charge in [-0.2, -0.15) is 4.98 Å². The molecule has 0 aliphatic carbocycles. The van der Waals surface area contributed by atoms with Crippen LogP contribution in [0.5, 0.6) is 11.8 Å². The van der Waals surface area contributed by atoms with Gasteiger partial charge in [0.15, 0.2) is 0 Å². The van der Waals surface area contributed by atoms with Gasteiger partial charge < -0.3 is 14.2 Å². The van der Waals surface area contributed by atoms with Crippen molar-refractivity contribution in [3.63, 3.8) is 0 Å². The van der Waals surface area contributed by atoms with Gasteiger partial charge in [-0.15, -0.1) is 0 Å². The lowest BCUT2D eigenvalue weighted by molar-refractivity contribution is 0.0532. The fourth-order valence-electron chi connectivity index (χ4n) is 1.04. The SMILES string of the molecule is COc1nc(Br)cnc1OC(=O)NC(=O)OC(C)(C)C. The number of nitrogens with zero attached hydrogens (tertiary/aromatic N) is 2. The van der Waals surface area contributed by atoms with Crippen molar-refractivity contribution in [2.45, 2.75) is 26.4 Å². The minimum absolute atomic E-state index is 0.00119. The molecule has 1 aromatic rings. The van der Waals surface area contributed by atoms with E-state index in [1.807, 2.05) is 5.32 Å². The summed E-state index contributed by atoms with van der Waals surface area (Å²) in [7, 11) is 1.34. The van der Waals surface area contributed by atoms with Crippen molar-refractivity contribution in [2.24, 2.45) is 0 Å². The Kier molecular flexibility index (Phi) is 5.26. The Hall–Kier alpha value is -1.90. The minimum atomic E-state index is -1.05. The lowest BCUT2D eigenvalue weighted by Gasteiger charge is -2.19. The molecule has 1 heterocycles. The Morgan fingerprint density at radius 3 is 2.45 bits per heavy atom. The van der Waals surface area contributed by atoms with Crippen molar-refractivity contribution in [1.82, 2.24) is 15.3 Å². The zero-order valence-electron chi connectivity index (χ0n) is 11.4. The zero-order chi connectivity index (χ0) is 15.3. The summed E-state index contributed by atoms with van der Waals surface area (Å²) in [5.41, 5.74) is -0.723. The number of carbonyl (C=O) groups is 2. The molecule has 20 heavy (non-hydrogen) atoms. The maximum atomic E-state index is 11.5. The predicted octanol–water partition coefficient (Wildman–Crippen LogP) is 2.27. The predicted molar refractivity (Wildman–Crippen MR) is 71.7 cm³/mol. The first-order chi connectivity index (χ1) is 9.21. The summed E-state index contributed by atoms with van der Waals surface area (Å²) in [6, 6.07) is 0. The van der Waals surface area contributed by atoms with E-state index in [0.29, 0.717) is 4.60 Å². The summed E-state index contributed by atoms with van der Waals surface area (Å²) in [6.45, 7) is 5.00. The van der Waals surface area contributed by atoms with Crippen molar-refractivity contribution in [2.75, 3.05) is 7.11 Å². The molecular formula is C11H14BrN3O5. The molecule has 0 spiro atoms. The van der Waals surface area contributed by atoms with E-state index >= 15 is 0 Å². The number of nitrogens with one attached hydrogen (secondary N) is 1. The van der Waals surface area contributed by atoms with Crippen LogP contribution >= 0.6 is 15.9 Å². The Labute approximate surface area is 124 Å². The average molecular weight is 348 g/mol.